The topological polar surface area (TPSA) is 40.5 Å². The minimum absolute atomic E-state index is 0.216. The summed E-state index contributed by atoms with van der Waals surface area (Å²) in [5.41, 5.74) is 4.05. The van der Waals surface area contributed by atoms with E-state index in [2.05, 4.69) is 6.58 Å². The standard InChI is InChI=1S/C14H18O2/c1-8(2)10-6-11-9(3)4-5-12(15)14(11)13(16)7-10/h4-5,10,13,15-16H,1,6-7H2,2-3H3/t10-,13-/m0/s1. The Hall–Kier alpha value is -1.28. The zero-order chi connectivity index (χ0) is 11.9. The first kappa shape index (κ1) is 11.2. The molecule has 1 aliphatic rings. The van der Waals surface area contributed by atoms with Crippen LogP contribution in [-0.4, -0.2) is 10.2 Å². The third-order valence-electron chi connectivity index (χ3n) is 3.56. The van der Waals surface area contributed by atoms with Gasteiger partial charge in [-0.15, -0.1) is 0 Å². The summed E-state index contributed by atoms with van der Waals surface area (Å²) in [4.78, 5) is 0. The Bertz CT molecular complexity index is 435. The van der Waals surface area contributed by atoms with Crippen molar-refractivity contribution in [3.63, 3.8) is 0 Å². The smallest absolute Gasteiger partial charge is 0.121 e. The fourth-order valence-electron chi connectivity index (χ4n) is 2.50. The van der Waals surface area contributed by atoms with E-state index in [1.165, 1.54) is 0 Å². The second-order valence-corrected chi connectivity index (χ2v) is 4.79. The van der Waals surface area contributed by atoms with E-state index < -0.39 is 6.10 Å². The molecule has 0 bridgehead atoms. The molecule has 0 radical (unpaired) electrons. The van der Waals surface area contributed by atoms with Gasteiger partial charge in [-0.05, 0) is 49.8 Å². The van der Waals surface area contributed by atoms with Crippen molar-refractivity contribution in [1.82, 2.24) is 0 Å². The monoisotopic (exact) mass is 218 g/mol. The zero-order valence-corrected chi connectivity index (χ0v) is 9.83. The SMILES string of the molecule is C=C(C)[C@H]1Cc2c(C)ccc(O)c2[C@@H](O)C1. The molecule has 0 unspecified atom stereocenters. The predicted molar refractivity (Wildman–Crippen MR) is 64.4 cm³/mol. The van der Waals surface area contributed by atoms with Gasteiger partial charge in [0, 0.05) is 5.56 Å². The molecule has 2 atom stereocenters. The Labute approximate surface area is 96.2 Å². The van der Waals surface area contributed by atoms with E-state index in [1.807, 2.05) is 19.9 Å². The summed E-state index contributed by atoms with van der Waals surface area (Å²) in [7, 11) is 0. The molecule has 0 fully saturated rings. The molecule has 16 heavy (non-hydrogen) atoms. The fraction of sp³-hybridized carbons (Fsp3) is 0.429. The molecule has 0 spiro atoms. The number of aromatic hydroxyl groups is 1. The number of fused-ring (bicyclic) bond motifs is 1. The molecule has 1 aliphatic carbocycles. The van der Waals surface area contributed by atoms with Gasteiger partial charge in [0.05, 0.1) is 6.10 Å². The van der Waals surface area contributed by atoms with Crippen LogP contribution in [0.5, 0.6) is 5.75 Å². The van der Waals surface area contributed by atoms with Gasteiger partial charge in [-0.2, -0.15) is 0 Å². The number of phenolic OH excluding ortho intramolecular Hbond substituents is 1. The second-order valence-electron chi connectivity index (χ2n) is 4.79. The van der Waals surface area contributed by atoms with Gasteiger partial charge >= 0.3 is 0 Å². The average molecular weight is 218 g/mol. The van der Waals surface area contributed by atoms with E-state index in [-0.39, 0.29) is 5.75 Å². The van der Waals surface area contributed by atoms with E-state index in [0.29, 0.717) is 12.3 Å². The van der Waals surface area contributed by atoms with Crippen molar-refractivity contribution in [1.29, 1.82) is 0 Å². The van der Waals surface area contributed by atoms with Crippen molar-refractivity contribution < 1.29 is 10.2 Å². The highest BCUT2D eigenvalue weighted by atomic mass is 16.3. The highest BCUT2D eigenvalue weighted by molar-refractivity contribution is 5.47. The van der Waals surface area contributed by atoms with E-state index >= 15 is 0 Å². The molecule has 1 aromatic carbocycles. The van der Waals surface area contributed by atoms with Gasteiger partial charge in [0.25, 0.3) is 0 Å². The lowest BCUT2D eigenvalue weighted by atomic mass is 9.77. The number of aryl methyl sites for hydroxylation is 1. The average Bonchev–Trinajstić information content (AvgIpc) is 2.22. The first-order valence-corrected chi connectivity index (χ1v) is 5.65. The van der Waals surface area contributed by atoms with Crippen molar-refractivity contribution in [3.8, 4) is 5.75 Å². The largest absolute Gasteiger partial charge is 0.508 e. The third kappa shape index (κ3) is 1.74. The van der Waals surface area contributed by atoms with Crippen LogP contribution in [0.1, 0.15) is 36.1 Å². The Morgan fingerprint density at radius 2 is 2.12 bits per heavy atom. The zero-order valence-electron chi connectivity index (χ0n) is 9.83. The van der Waals surface area contributed by atoms with Gasteiger partial charge in [-0.1, -0.05) is 18.2 Å². The van der Waals surface area contributed by atoms with E-state index in [0.717, 1.165) is 28.7 Å². The van der Waals surface area contributed by atoms with Crippen molar-refractivity contribution in [2.24, 2.45) is 5.92 Å². The Morgan fingerprint density at radius 1 is 1.44 bits per heavy atom. The predicted octanol–water partition coefficient (Wildman–Crippen LogP) is 2.87. The first-order chi connectivity index (χ1) is 7.50. The highest BCUT2D eigenvalue weighted by Gasteiger charge is 2.29. The number of allylic oxidation sites excluding steroid dienone is 1. The summed E-state index contributed by atoms with van der Waals surface area (Å²) < 4.78 is 0. The number of hydrogen-bond acceptors (Lipinski definition) is 2. The van der Waals surface area contributed by atoms with Crippen LogP contribution < -0.4 is 0 Å². The summed E-state index contributed by atoms with van der Waals surface area (Å²) in [6, 6.07) is 3.57. The molecule has 0 heterocycles. The fourth-order valence-corrected chi connectivity index (χ4v) is 2.50. The number of rotatable bonds is 1. The molecular formula is C14H18O2. The Morgan fingerprint density at radius 3 is 2.75 bits per heavy atom. The molecule has 0 saturated carbocycles. The van der Waals surface area contributed by atoms with Gasteiger partial charge in [0.15, 0.2) is 0 Å². The van der Waals surface area contributed by atoms with Crippen molar-refractivity contribution >= 4 is 0 Å². The van der Waals surface area contributed by atoms with Gasteiger partial charge in [0.2, 0.25) is 0 Å². The molecule has 2 rings (SSSR count). The van der Waals surface area contributed by atoms with E-state index in [9.17, 15) is 10.2 Å². The Kier molecular flexibility index (Phi) is 2.76. The maximum Gasteiger partial charge on any atom is 0.121 e. The van der Waals surface area contributed by atoms with E-state index in [4.69, 9.17) is 0 Å². The van der Waals surface area contributed by atoms with Crippen molar-refractivity contribution in [3.05, 3.63) is 41.0 Å². The normalized spacial score (nSPS) is 23.9. The minimum Gasteiger partial charge on any atom is -0.508 e. The van der Waals surface area contributed by atoms with Crippen LogP contribution in [-0.2, 0) is 6.42 Å². The molecule has 86 valence electrons. The molecule has 0 aliphatic heterocycles. The van der Waals surface area contributed by atoms with Crippen LogP contribution in [0.4, 0.5) is 0 Å². The van der Waals surface area contributed by atoms with Crippen LogP contribution >= 0.6 is 0 Å². The van der Waals surface area contributed by atoms with Gasteiger partial charge < -0.3 is 10.2 Å². The van der Waals surface area contributed by atoms with Gasteiger partial charge in [-0.3, -0.25) is 0 Å². The summed E-state index contributed by atoms with van der Waals surface area (Å²) in [6.45, 7) is 7.98. The quantitative estimate of drug-likeness (QED) is 0.711. The molecule has 2 nitrogen and oxygen atoms in total. The van der Waals surface area contributed by atoms with E-state index in [1.54, 1.807) is 6.07 Å². The lowest BCUT2D eigenvalue weighted by Gasteiger charge is -2.30. The summed E-state index contributed by atoms with van der Waals surface area (Å²) in [5.74, 6) is 0.538. The van der Waals surface area contributed by atoms with Crippen LogP contribution in [0.25, 0.3) is 0 Å². The lowest BCUT2D eigenvalue weighted by Crippen LogP contribution is -2.20. The molecule has 2 N–H and O–H groups in total. The number of phenols is 1. The molecule has 0 aromatic heterocycles. The molecule has 1 aromatic rings. The number of aliphatic hydroxyl groups excluding tert-OH is 1. The summed E-state index contributed by atoms with van der Waals surface area (Å²) in [6.07, 6.45) is 0.978. The third-order valence-corrected chi connectivity index (χ3v) is 3.56. The molecular weight excluding hydrogens is 200 g/mol. The minimum atomic E-state index is -0.564. The van der Waals surface area contributed by atoms with Crippen LogP contribution in [0.15, 0.2) is 24.3 Å². The summed E-state index contributed by atoms with van der Waals surface area (Å²) in [5, 5.41) is 19.9. The molecule has 2 heteroatoms. The van der Waals surface area contributed by atoms with Crippen molar-refractivity contribution in [2.45, 2.75) is 32.8 Å². The van der Waals surface area contributed by atoms with Gasteiger partial charge in [0.1, 0.15) is 5.75 Å². The lowest BCUT2D eigenvalue weighted by molar-refractivity contribution is 0.136. The van der Waals surface area contributed by atoms with Gasteiger partial charge in [-0.25, -0.2) is 0 Å². The number of benzene rings is 1. The molecule has 0 saturated heterocycles. The van der Waals surface area contributed by atoms with Crippen LogP contribution in [0.2, 0.25) is 0 Å². The van der Waals surface area contributed by atoms with Crippen LogP contribution in [0, 0.1) is 12.8 Å². The highest BCUT2D eigenvalue weighted by Crippen LogP contribution is 2.41. The maximum absolute atomic E-state index is 10.1. The van der Waals surface area contributed by atoms with Crippen LogP contribution in [0.3, 0.4) is 0 Å². The Balaban J connectivity index is 2.49. The first-order valence-electron chi connectivity index (χ1n) is 5.65. The molecule has 0 amide bonds. The number of aliphatic hydroxyl groups is 1. The second kappa shape index (κ2) is 3.95. The summed E-state index contributed by atoms with van der Waals surface area (Å²) >= 11 is 0. The number of hydrogen-bond donors (Lipinski definition) is 2. The maximum atomic E-state index is 10.1. The van der Waals surface area contributed by atoms with Crippen molar-refractivity contribution in [2.75, 3.05) is 0 Å².